The van der Waals surface area contributed by atoms with E-state index in [0.29, 0.717) is 48.2 Å². The molecule has 0 saturated carbocycles. The zero-order valence-electron chi connectivity index (χ0n) is 57.6. The number of unbranched alkanes of at least 4 members (excludes halogenated alkanes) is 1. The highest BCUT2D eigenvalue weighted by Crippen LogP contribution is 2.35. The zero-order valence-corrected chi connectivity index (χ0v) is 59.3. The lowest BCUT2D eigenvalue weighted by Gasteiger charge is -2.47. The van der Waals surface area contributed by atoms with Gasteiger partial charge in [-0.2, -0.15) is 0 Å². The number of anilines is 1. The van der Waals surface area contributed by atoms with Crippen molar-refractivity contribution in [1.82, 2.24) is 72.4 Å². The molecule has 0 unspecified atom stereocenters. The third-order valence-electron chi connectivity index (χ3n) is 16.7. The third kappa shape index (κ3) is 23.9. The van der Waals surface area contributed by atoms with Gasteiger partial charge < -0.3 is 141 Å². The molecule has 27 N–H and O–H groups in total. The van der Waals surface area contributed by atoms with Gasteiger partial charge in [0.25, 0.3) is 11.8 Å². The van der Waals surface area contributed by atoms with E-state index in [4.69, 9.17) is 52.4 Å². The van der Waals surface area contributed by atoms with Crippen LogP contribution in [0.3, 0.4) is 0 Å². The van der Waals surface area contributed by atoms with Crippen LogP contribution in [0.5, 0.6) is 0 Å². The lowest BCUT2D eigenvalue weighted by molar-refractivity contribution is -0.372. The first kappa shape index (κ1) is 84.7. The first-order valence-electron chi connectivity index (χ1n) is 33.3. The lowest BCUT2D eigenvalue weighted by atomic mass is 9.96. The van der Waals surface area contributed by atoms with Crippen molar-refractivity contribution < 1.29 is 108 Å². The molecule has 19 atom stereocenters. The number of nitrogen functional groups attached to an aromatic ring is 1. The predicted molar refractivity (Wildman–Crippen MR) is 365 cm³/mol. The summed E-state index contributed by atoms with van der Waals surface area (Å²) in [4.78, 5) is 143. The number of nitrogens with one attached hydrogen (secondary N) is 9. The molecule has 104 heavy (non-hydrogen) atoms. The van der Waals surface area contributed by atoms with Crippen LogP contribution in [0, 0.1) is 12.8 Å². The van der Waals surface area contributed by atoms with E-state index >= 15 is 4.79 Å². The number of nitrogens with two attached hydrogens (primary N) is 5. The Labute approximate surface area is 603 Å². The van der Waals surface area contributed by atoms with E-state index < -0.39 is 183 Å². The SMILES string of the molecule is CCCC(=O)NCCCCNCCCNC(=O)c1csc(-c2csc(CCNC(=O)[C@@H](NC(=O)[C@@H](C)[C@H](O)[C@@H](C)NC(=O)[C@@H](NC(=O)c3nc([C@H](CC(N)=O)NC[C@H](N)C(N)=O)nc(N)c3C)[C@@H](O[C@@H]3O[C@@H](CO)[C@@H](O)[C@H](O)[C@@H]3O[C@H]3O[C@H](CO)[C@@H](O)[C@H](OC(N)=O)[C@@H]3O)c3cnc[nH]3)[C@@H](C)O)n2)n1. The molecule has 6 rings (SSSR count). The number of hydrogen-bond acceptors (Lipinski definition) is 33. The second-order valence-corrected chi connectivity index (χ2v) is 26.5. The highest BCUT2D eigenvalue weighted by atomic mass is 32.1. The van der Waals surface area contributed by atoms with Gasteiger partial charge in [0.1, 0.15) is 94.6 Å². The average molecular weight is 1510 g/mol. The Morgan fingerprint density at radius 2 is 1.41 bits per heavy atom. The van der Waals surface area contributed by atoms with Crippen LogP contribution in [0.15, 0.2) is 23.3 Å². The quantitative estimate of drug-likeness (QED) is 0.0183. The Kier molecular flexibility index (Phi) is 33.3. The van der Waals surface area contributed by atoms with Crippen LogP contribution in [0.4, 0.5) is 10.6 Å². The fourth-order valence-electron chi connectivity index (χ4n) is 10.7. The van der Waals surface area contributed by atoms with Crippen LogP contribution >= 0.6 is 22.7 Å². The van der Waals surface area contributed by atoms with Crippen molar-refractivity contribution >= 4 is 81.8 Å². The highest BCUT2D eigenvalue weighted by molar-refractivity contribution is 7.14. The Bertz CT molecular complexity index is 3490. The number of hydrogen-bond donors (Lipinski definition) is 22. The monoisotopic (exact) mass is 1510 g/mol. The van der Waals surface area contributed by atoms with Gasteiger partial charge in [-0.05, 0) is 59.5 Å². The third-order valence-corrected chi connectivity index (χ3v) is 18.4. The maximum atomic E-state index is 15.2. The molecule has 6 heterocycles. The molecule has 0 radical (unpaired) electrons. The van der Waals surface area contributed by atoms with Crippen molar-refractivity contribution in [3.05, 3.63) is 56.8 Å². The van der Waals surface area contributed by atoms with Crippen molar-refractivity contribution in [3.63, 3.8) is 0 Å². The number of aliphatic hydroxyl groups is 8. The molecule has 43 heteroatoms. The molecule has 2 saturated heterocycles. The van der Waals surface area contributed by atoms with Crippen molar-refractivity contribution in [2.24, 2.45) is 28.9 Å². The smallest absolute Gasteiger partial charge is 0.404 e. The second kappa shape index (κ2) is 40.9. The number of aromatic amines is 1. The minimum absolute atomic E-state index is 0.0237. The van der Waals surface area contributed by atoms with E-state index in [-0.39, 0.29) is 59.9 Å². The van der Waals surface area contributed by atoms with Gasteiger partial charge in [-0.25, -0.2) is 29.7 Å². The van der Waals surface area contributed by atoms with Crippen LogP contribution in [-0.2, 0) is 58.9 Å². The van der Waals surface area contributed by atoms with Crippen LogP contribution in [0.1, 0.15) is 121 Å². The largest absolute Gasteiger partial charge is 0.441 e. The summed E-state index contributed by atoms with van der Waals surface area (Å²) >= 11 is 2.49. The lowest BCUT2D eigenvalue weighted by Crippen LogP contribution is -2.65. The predicted octanol–water partition coefficient (Wildman–Crippen LogP) is -7.30. The molecule has 0 aromatic carbocycles. The summed E-state index contributed by atoms with van der Waals surface area (Å²) in [7, 11) is 0. The molecule has 9 amide bonds. The number of aromatic nitrogens is 6. The van der Waals surface area contributed by atoms with E-state index in [1.165, 1.54) is 50.4 Å². The van der Waals surface area contributed by atoms with Crippen LogP contribution in [0.25, 0.3) is 10.7 Å². The topological polar surface area (TPSA) is 668 Å². The Morgan fingerprint density at radius 1 is 0.731 bits per heavy atom. The molecule has 0 spiro atoms. The van der Waals surface area contributed by atoms with Gasteiger partial charge in [-0.3, -0.25) is 38.4 Å². The number of H-pyrrole nitrogens is 1. The molecular weight excluding hydrogens is 1410 g/mol. The number of imidazole rings is 1. The van der Waals surface area contributed by atoms with E-state index in [0.717, 1.165) is 38.3 Å². The first-order valence-corrected chi connectivity index (χ1v) is 35.1. The number of ether oxygens (including phenoxy) is 5. The fraction of sp³-hybridized carbons (Fsp3) is 0.639. The van der Waals surface area contributed by atoms with Gasteiger partial charge in [-0.15, -0.1) is 22.7 Å². The standard InChI is InChI=1S/C61H95N19O22S2/c1-6-10-37(85)69-14-8-7-12-67-13-9-15-70-54(93)32-22-104-58(76-32)33-23-103-38(75-33)11-16-71-55(94)40(28(5)83)78-53(92)26(3)42(86)27(4)74-57(96)41(79-56(95)39-25(2)50(64)80-52(77-39)30(17-36(63)84)72-18-29(62)51(65)91)47(31-19-68-24-73-31)100-60-49(45(89)43(87)34(20-81)99-60)101-59-46(90)48(102-61(66)97)44(88)35(21-82)98-59/h19,22-24,26-30,34-35,40-49,59-60,67,72,81-83,86-90H,6-18,20-21,62H2,1-5H3,(H2,63,84)(H2,65,91)(H2,66,97)(H,68,73)(H,69,85)(H,70,93)(H,71,94)(H,74,96)(H,78,92)(H,79,95)(H2,64,77,80)/t26-,27+,28+,29-,30-,34-,35+,40-,41-,42-,43+,44+,45-,46-,47-,48-,49-,59+,60-/m0/s1. The van der Waals surface area contributed by atoms with Crippen LogP contribution < -0.4 is 71.2 Å². The van der Waals surface area contributed by atoms with Gasteiger partial charge in [-0.1, -0.05) is 13.8 Å². The molecule has 41 nitrogen and oxygen atoms in total. The van der Waals surface area contributed by atoms with Gasteiger partial charge in [0, 0.05) is 61.8 Å². The zero-order chi connectivity index (χ0) is 76.6. The minimum Gasteiger partial charge on any atom is -0.441 e. The van der Waals surface area contributed by atoms with E-state index in [1.54, 1.807) is 10.8 Å². The van der Waals surface area contributed by atoms with E-state index in [9.17, 15) is 79.2 Å². The highest BCUT2D eigenvalue weighted by Gasteiger charge is 2.54. The van der Waals surface area contributed by atoms with Crippen molar-refractivity contribution in [2.45, 2.75) is 189 Å². The molecule has 4 aromatic heterocycles. The Hall–Kier alpha value is -8.22. The summed E-state index contributed by atoms with van der Waals surface area (Å²) < 4.78 is 28.8. The van der Waals surface area contributed by atoms with Gasteiger partial charge in [0.05, 0.1) is 72.7 Å². The number of primary amides is 3. The van der Waals surface area contributed by atoms with Gasteiger partial charge in [0.2, 0.25) is 35.4 Å². The van der Waals surface area contributed by atoms with Crippen LogP contribution in [-0.4, -0.2) is 274 Å². The summed E-state index contributed by atoms with van der Waals surface area (Å²) in [6, 6.07) is -7.89. The maximum Gasteiger partial charge on any atom is 0.404 e. The summed E-state index contributed by atoms with van der Waals surface area (Å²) in [6.07, 6.45) is -21.5. The molecule has 2 aliphatic rings. The molecule has 2 fully saturated rings. The van der Waals surface area contributed by atoms with Crippen molar-refractivity contribution in [3.8, 4) is 10.7 Å². The van der Waals surface area contributed by atoms with Gasteiger partial charge >= 0.3 is 6.09 Å². The van der Waals surface area contributed by atoms with E-state index in [1.807, 2.05) is 6.92 Å². The number of rotatable bonds is 42. The van der Waals surface area contributed by atoms with Gasteiger partial charge in [0.15, 0.2) is 18.7 Å². The molecule has 4 aromatic rings. The van der Waals surface area contributed by atoms with Crippen LogP contribution in [0.2, 0.25) is 0 Å². The number of carbonyl (C=O) groups is 9. The maximum absolute atomic E-state index is 15.2. The number of nitrogens with zero attached hydrogens (tertiary/aromatic N) is 5. The Morgan fingerprint density at radius 3 is 2.07 bits per heavy atom. The number of amides is 9. The first-order chi connectivity index (χ1) is 49.4. The molecule has 578 valence electrons. The summed E-state index contributed by atoms with van der Waals surface area (Å²) in [5.74, 6) is -8.74. The average Bonchev–Trinajstić information content (AvgIpc) is 0.955. The number of thiazole rings is 2. The fourth-order valence-corrected chi connectivity index (χ4v) is 12.3. The normalized spacial score (nSPS) is 22.9. The number of aliphatic hydroxyl groups excluding tert-OH is 8. The molecule has 2 aliphatic heterocycles. The number of carbonyl (C=O) groups excluding carboxylic acids is 9. The molecule has 0 bridgehead atoms. The van der Waals surface area contributed by atoms with Crippen molar-refractivity contribution in [2.75, 3.05) is 58.2 Å². The summed E-state index contributed by atoms with van der Waals surface area (Å²) in [6.45, 7) is 7.08. The summed E-state index contributed by atoms with van der Waals surface area (Å²) in [5.41, 5.74) is 28.0. The summed E-state index contributed by atoms with van der Waals surface area (Å²) in [5, 5.41) is 114. The van der Waals surface area contributed by atoms with E-state index in [2.05, 4.69) is 72.4 Å². The van der Waals surface area contributed by atoms with Crippen molar-refractivity contribution in [1.29, 1.82) is 0 Å². The molecule has 0 aliphatic carbocycles. The minimum atomic E-state index is -2.20. The molecular formula is C61H95N19O22S2. The Balaban J connectivity index is 1.18. The second-order valence-electron chi connectivity index (χ2n) is 24.7.